The van der Waals surface area contributed by atoms with Gasteiger partial charge in [0, 0.05) is 6.20 Å². The number of fused-ring (bicyclic) bond motifs is 1. The molecule has 3 heteroatoms. The van der Waals surface area contributed by atoms with E-state index in [1.54, 1.807) is 6.20 Å². The highest BCUT2D eigenvalue weighted by molar-refractivity contribution is 5.48. The molecule has 4 rings (SSSR count). The van der Waals surface area contributed by atoms with E-state index in [0.717, 1.165) is 12.2 Å². The summed E-state index contributed by atoms with van der Waals surface area (Å²) < 4.78 is 6.09. The smallest absolute Gasteiger partial charge is 0.168 e. The minimum atomic E-state index is 0.0572. The van der Waals surface area contributed by atoms with E-state index in [1.165, 1.54) is 6.42 Å². The number of aromatic nitrogens is 1. The summed E-state index contributed by atoms with van der Waals surface area (Å²) in [5.74, 6) is 3.37. The fourth-order valence-electron chi connectivity index (χ4n) is 3.67. The molecule has 3 unspecified atom stereocenters. The Morgan fingerprint density at radius 3 is 3.21 bits per heavy atom. The van der Waals surface area contributed by atoms with Crippen molar-refractivity contribution in [2.45, 2.75) is 12.8 Å². The second kappa shape index (κ2) is 3.73. The van der Waals surface area contributed by atoms with Gasteiger partial charge >= 0.3 is 0 Å². The topological polar surface area (TPSA) is 48.1 Å². The molecule has 1 aromatic rings. The molecule has 2 bridgehead atoms. The Kier molecular flexibility index (Phi) is 2.13. The molecule has 1 fully saturated rings. The van der Waals surface area contributed by atoms with Crippen molar-refractivity contribution in [3.8, 4) is 5.75 Å². The van der Waals surface area contributed by atoms with Crippen LogP contribution in [0.1, 0.15) is 12.8 Å². The zero-order chi connectivity index (χ0) is 12.9. The molecule has 3 nitrogen and oxygen atoms in total. The highest BCUT2D eigenvalue weighted by Gasteiger charge is 2.53. The summed E-state index contributed by atoms with van der Waals surface area (Å²) in [4.78, 5) is 4.08. The van der Waals surface area contributed by atoms with E-state index in [4.69, 9.17) is 10.5 Å². The van der Waals surface area contributed by atoms with Crippen molar-refractivity contribution in [3.05, 3.63) is 54.5 Å². The fourth-order valence-corrected chi connectivity index (χ4v) is 3.67. The molecule has 1 saturated carbocycles. The molecule has 1 heterocycles. The SMILES string of the molecule is Nc1ncccc1OC1=CC2CC3C=CC=CC13C2. The van der Waals surface area contributed by atoms with Crippen molar-refractivity contribution < 1.29 is 4.74 Å². The Labute approximate surface area is 112 Å². The molecule has 1 aromatic heterocycles. The van der Waals surface area contributed by atoms with Gasteiger partial charge in [0.15, 0.2) is 11.6 Å². The van der Waals surface area contributed by atoms with E-state index < -0.39 is 0 Å². The first kappa shape index (κ1) is 10.9. The largest absolute Gasteiger partial charge is 0.457 e. The van der Waals surface area contributed by atoms with Gasteiger partial charge in [-0.3, -0.25) is 0 Å². The van der Waals surface area contributed by atoms with Gasteiger partial charge < -0.3 is 10.5 Å². The Morgan fingerprint density at radius 1 is 1.37 bits per heavy atom. The number of pyridine rings is 1. The number of ether oxygens (including phenoxy) is 1. The number of nitrogens with two attached hydrogens (primary N) is 1. The number of hydrogen-bond donors (Lipinski definition) is 1. The second-order valence-corrected chi connectivity index (χ2v) is 5.61. The average molecular weight is 252 g/mol. The van der Waals surface area contributed by atoms with Crippen molar-refractivity contribution in [2.75, 3.05) is 5.73 Å². The zero-order valence-electron chi connectivity index (χ0n) is 10.6. The van der Waals surface area contributed by atoms with E-state index in [2.05, 4.69) is 35.4 Å². The van der Waals surface area contributed by atoms with Crippen LogP contribution in [0.4, 0.5) is 5.82 Å². The van der Waals surface area contributed by atoms with Crippen LogP contribution in [0, 0.1) is 17.3 Å². The van der Waals surface area contributed by atoms with Gasteiger partial charge in [-0.15, -0.1) is 0 Å². The highest BCUT2D eigenvalue weighted by Crippen LogP contribution is 2.60. The maximum Gasteiger partial charge on any atom is 0.168 e. The van der Waals surface area contributed by atoms with Crippen LogP contribution in [0.15, 0.2) is 54.5 Å². The van der Waals surface area contributed by atoms with Gasteiger partial charge in [0.05, 0.1) is 5.41 Å². The van der Waals surface area contributed by atoms with Crippen molar-refractivity contribution >= 4 is 5.82 Å². The van der Waals surface area contributed by atoms with Gasteiger partial charge in [-0.25, -0.2) is 4.98 Å². The average Bonchev–Trinajstić information content (AvgIpc) is 2.94. The summed E-state index contributed by atoms with van der Waals surface area (Å²) in [7, 11) is 0. The van der Waals surface area contributed by atoms with Gasteiger partial charge in [-0.05, 0) is 42.9 Å². The molecule has 2 N–H and O–H groups in total. The molecule has 19 heavy (non-hydrogen) atoms. The van der Waals surface area contributed by atoms with Crippen LogP contribution >= 0.6 is 0 Å². The number of hydrogen-bond acceptors (Lipinski definition) is 3. The van der Waals surface area contributed by atoms with Crippen LogP contribution in [0.2, 0.25) is 0 Å². The van der Waals surface area contributed by atoms with Crippen molar-refractivity contribution in [3.63, 3.8) is 0 Å². The molecular formula is C16H16N2O. The summed E-state index contributed by atoms with van der Waals surface area (Å²) in [6.45, 7) is 0. The van der Waals surface area contributed by atoms with E-state index in [0.29, 0.717) is 23.4 Å². The first-order valence-electron chi connectivity index (χ1n) is 6.75. The Morgan fingerprint density at radius 2 is 2.32 bits per heavy atom. The molecule has 0 aliphatic heterocycles. The van der Waals surface area contributed by atoms with Gasteiger partial charge in [-0.1, -0.05) is 24.3 Å². The van der Waals surface area contributed by atoms with Crippen LogP contribution in [0.25, 0.3) is 0 Å². The van der Waals surface area contributed by atoms with Crippen LogP contribution in [0.3, 0.4) is 0 Å². The summed E-state index contributed by atoms with van der Waals surface area (Å²) in [5.41, 5.74) is 5.92. The van der Waals surface area contributed by atoms with Gasteiger partial charge in [0.25, 0.3) is 0 Å². The lowest BCUT2D eigenvalue weighted by atomic mass is 9.74. The quantitative estimate of drug-likeness (QED) is 0.880. The van der Waals surface area contributed by atoms with Crippen LogP contribution in [0.5, 0.6) is 5.75 Å². The molecule has 3 atom stereocenters. The third-order valence-corrected chi connectivity index (χ3v) is 4.53. The predicted molar refractivity (Wildman–Crippen MR) is 74.3 cm³/mol. The van der Waals surface area contributed by atoms with Crippen molar-refractivity contribution in [2.24, 2.45) is 17.3 Å². The maximum absolute atomic E-state index is 6.09. The zero-order valence-corrected chi connectivity index (χ0v) is 10.6. The Bertz CT molecular complexity index is 617. The number of allylic oxidation sites excluding steroid dienone is 5. The third-order valence-electron chi connectivity index (χ3n) is 4.53. The normalized spacial score (nSPS) is 34.2. The monoisotopic (exact) mass is 252 g/mol. The standard InChI is InChI=1S/C16H16N2O/c17-15-13(5-3-7-18-15)19-14-9-11-8-12-4-1-2-6-16(12,14)10-11/h1-7,9,11-12H,8,10H2,(H2,17,18). The molecule has 0 radical (unpaired) electrons. The first-order valence-corrected chi connectivity index (χ1v) is 6.75. The van der Waals surface area contributed by atoms with Crippen molar-refractivity contribution in [1.29, 1.82) is 0 Å². The highest BCUT2D eigenvalue weighted by atomic mass is 16.5. The van der Waals surface area contributed by atoms with Gasteiger partial charge in [0.2, 0.25) is 0 Å². The van der Waals surface area contributed by atoms with Crippen LogP contribution in [-0.2, 0) is 0 Å². The maximum atomic E-state index is 6.09. The number of nitrogens with zero attached hydrogens (tertiary/aromatic N) is 1. The van der Waals surface area contributed by atoms with Gasteiger partial charge in [0.1, 0.15) is 5.76 Å². The molecule has 96 valence electrons. The van der Waals surface area contributed by atoms with E-state index in [9.17, 15) is 0 Å². The third kappa shape index (κ3) is 1.47. The molecular weight excluding hydrogens is 236 g/mol. The lowest BCUT2D eigenvalue weighted by Crippen LogP contribution is -2.28. The lowest BCUT2D eigenvalue weighted by Gasteiger charge is -2.34. The summed E-state index contributed by atoms with van der Waals surface area (Å²) in [5, 5.41) is 0. The fraction of sp³-hybridized carbons (Fsp3) is 0.312. The van der Waals surface area contributed by atoms with Crippen molar-refractivity contribution in [1.82, 2.24) is 4.98 Å². The minimum absolute atomic E-state index is 0.0572. The molecule has 1 spiro atoms. The van der Waals surface area contributed by atoms with E-state index in [-0.39, 0.29) is 5.41 Å². The van der Waals surface area contributed by atoms with E-state index >= 15 is 0 Å². The second-order valence-electron chi connectivity index (χ2n) is 5.61. The van der Waals surface area contributed by atoms with Crippen LogP contribution in [-0.4, -0.2) is 4.98 Å². The lowest BCUT2D eigenvalue weighted by molar-refractivity contribution is 0.258. The summed E-state index contributed by atoms with van der Waals surface area (Å²) >= 11 is 0. The number of rotatable bonds is 2. The minimum Gasteiger partial charge on any atom is -0.457 e. The number of anilines is 1. The first-order chi connectivity index (χ1) is 9.28. The molecule has 0 amide bonds. The summed E-state index contributed by atoms with van der Waals surface area (Å²) in [6.07, 6.45) is 15.2. The molecule has 3 aliphatic carbocycles. The van der Waals surface area contributed by atoms with Crippen LogP contribution < -0.4 is 10.5 Å². The molecule has 3 aliphatic rings. The number of nitrogen functional groups attached to an aromatic ring is 1. The summed E-state index contributed by atoms with van der Waals surface area (Å²) in [6, 6.07) is 3.73. The van der Waals surface area contributed by atoms with E-state index in [1.807, 2.05) is 12.1 Å². The predicted octanol–water partition coefficient (Wildman–Crippen LogP) is 3.08. The van der Waals surface area contributed by atoms with Gasteiger partial charge in [-0.2, -0.15) is 0 Å². The molecule has 0 aromatic carbocycles. The molecule has 0 saturated heterocycles. The Hall–Kier alpha value is -2.03. The Balaban J connectivity index is 1.70.